The zero-order valence-corrected chi connectivity index (χ0v) is 18.7. The summed E-state index contributed by atoms with van der Waals surface area (Å²) in [6.45, 7) is 0. The highest BCUT2D eigenvalue weighted by molar-refractivity contribution is 5.92. The summed E-state index contributed by atoms with van der Waals surface area (Å²) in [5, 5.41) is 3.02. The third kappa shape index (κ3) is 4.90. The van der Waals surface area contributed by atoms with Crippen LogP contribution in [0.4, 0.5) is 15.9 Å². The number of hydrogen-bond acceptors (Lipinski definition) is 4. The summed E-state index contributed by atoms with van der Waals surface area (Å²) in [5.41, 5.74) is 12.5. The standard InChI is InChI=1S/C27H29FN4O/c28-20-9-6-18(7-10-20)15-25(33)32-27-24(14-17-4-2-1-3-5-17)30-26-22-12-11-21(29)16-19(22)8-13-23(26)31-27/h6-7,9-12,16-17H,1-5,8,13-15,29H2,(H,31,32,33). The van der Waals surface area contributed by atoms with Crippen molar-refractivity contribution in [1.82, 2.24) is 9.97 Å². The van der Waals surface area contributed by atoms with E-state index in [0.29, 0.717) is 11.7 Å². The average molecular weight is 445 g/mol. The van der Waals surface area contributed by atoms with Crippen LogP contribution >= 0.6 is 0 Å². The molecule has 0 unspecified atom stereocenters. The minimum absolute atomic E-state index is 0.162. The van der Waals surface area contributed by atoms with Crippen LogP contribution < -0.4 is 11.1 Å². The molecule has 1 amide bonds. The number of aromatic nitrogens is 2. The zero-order valence-electron chi connectivity index (χ0n) is 18.7. The first-order chi connectivity index (χ1) is 16.0. The van der Waals surface area contributed by atoms with Crippen LogP contribution in [0.15, 0.2) is 42.5 Å². The molecular weight excluding hydrogens is 415 g/mol. The Morgan fingerprint density at radius 3 is 2.61 bits per heavy atom. The number of nitrogens with one attached hydrogen (secondary N) is 1. The lowest BCUT2D eigenvalue weighted by Gasteiger charge is -2.24. The van der Waals surface area contributed by atoms with Gasteiger partial charge in [0, 0.05) is 11.3 Å². The van der Waals surface area contributed by atoms with Crippen LogP contribution in [-0.4, -0.2) is 15.9 Å². The number of nitrogens with two attached hydrogens (primary N) is 1. The number of carbonyl (C=O) groups excluding carboxylic acids is 1. The minimum atomic E-state index is -0.309. The second-order valence-corrected chi connectivity index (χ2v) is 9.29. The van der Waals surface area contributed by atoms with Gasteiger partial charge in [0.25, 0.3) is 0 Å². The highest BCUT2D eigenvalue weighted by atomic mass is 19.1. The number of nitrogen functional groups attached to an aromatic ring is 1. The molecule has 2 aromatic carbocycles. The smallest absolute Gasteiger partial charge is 0.229 e. The van der Waals surface area contributed by atoms with Crippen LogP contribution in [-0.2, 0) is 30.5 Å². The molecule has 2 aliphatic rings. The molecule has 0 saturated heterocycles. The molecule has 1 saturated carbocycles. The van der Waals surface area contributed by atoms with Gasteiger partial charge >= 0.3 is 0 Å². The molecule has 6 heteroatoms. The number of amides is 1. The van der Waals surface area contributed by atoms with Gasteiger partial charge in [-0.3, -0.25) is 4.79 Å². The average Bonchev–Trinajstić information content (AvgIpc) is 2.81. The van der Waals surface area contributed by atoms with Gasteiger partial charge in [-0.05, 0) is 60.6 Å². The maximum atomic E-state index is 13.2. The van der Waals surface area contributed by atoms with Crippen LogP contribution in [0.3, 0.4) is 0 Å². The largest absolute Gasteiger partial charge is 0.399 e. The molecule has 1 fully saturated rings. The van der Waals surface area contributed by atoms with Gasteiger partial charge < -0.3 is 11.1 Å². The summed E-state index contributed by atoms with van der Waals surface area (Å²) in [6.07, 6.45) is 8.78. The summed E-state index contributed by atoms with van der Waals surface area (Å²) in [4.78, 5) is 22.8. The van der Waals surface area contributed by atoms with E-state index in [1.165, 1.54) is 49.8 Å². The van der Waals surface area contributed by atoms with Gasteiger partial charge in [-0.25, -0.2) is 14.4 Å². The van der Waals surface area contributed by atoms with Gasteiger partial charge in [-0.1, -0.05) is 50.3 Å². The number of hydrogen-bond donors (Lipinski definition) is 2. The molecule has 0 atom stereocenters. The molecule has 33 heavy (non-hydrogen) atoms. The van der Waals surface area contributed by atoms with Crippen molar-refractivity contribution in [3.8, 4) is 11.3 Å². The number of aryl methyl sites for hydroxylation is 2. The number of carbonyl (C=O) groups is 1. The number of anilines is 2. The van der Waals surface area contributed by atoms with Crippen molar-refractivity contribution in [1.29, 1.82) is 0 Å². The molecule has 1 aromatic heterocycles. The molecule has 0 spiro atoms. The normalized spacial score (nSPS) is 15.5. The minimum Gasteiger partial charge on any atom is -0.399 e. The third-order valence-electron chi connectivity index (χ3n) is 6.80. The van der Waals surface area contributed by atoms with Gasteiger partial charge in [-0.15, -0.1) is 0 Å². The van der Waals surface area contributed by atoms with E-state index in [4.69, 9.17) is 15.7 Å². The molecule has 5 rings (SSSR count). The van der Waals surface area contributed by atoms with Crippen molar-refractivity contribution in [2.75, 3.05) is 11.1 Å². The molecule has 5 nitrogen and oxygen atoms in total. The Labute approximate surface area is 193 Å². The van der Waals surface area contributed by atoms with Crippen LogP contribution in [0.2, 0.25) is 0 Å². The Balaban J connectivity index is 1.46. The van der Waals surface area contributed by atoms with Crippen molar-refractivity contribution in [3.63, 3.8) is 0 Å². The van der Waals surface area contributed by atoms with Crippen LogP contribution in [0.1, 0.15) is 54.6 Å². The van der Waals surface area contributed by atoms with Crippen molar-refractivity contribution in [2.24, 2.45) is 5.92 Å². The monoisotopic (exact) mass is 444 g/mol. The Morgan fingerprint density at radius 2 is 1.82 bits per heavy atom. The SMILES string of the molecule is Nc1ccc2c(c1)CCc1nc(NC(=O)Cc3ccc(F)cc3)c(CC3CCCCC3)nc1-2. The highest BCUT2D eigenvalue weighted by Crippen LogP contribution is 2.35. The van der Waals surface area contributed by atoms with Crippen molar-refractivity contribution >= 4 is 17.4 Å². The Kier molecular flexibility index (Phi) is 6.07. The van der Waals surface area contributed by atoms with E-state index in [1.54, 1.807) is 12.1 Å². The predicted molar refractivity (Wildman–Crippen MR) is 128 cm³/mol. The number of nitrogens with zero attached hydrogens (tertiary/aromatic N) is 2. The van der Waals surface area contributed by atoms with E-state index in [9.17, 15) is 9.18 Å². The number of halogens is 1. The number of fused-ring (bicyclic) bond motifs is 3. The van der Waals surface area contributed by atoms with E-state index in [0.717, 1.165) is 53.2 Å². The molecule has 2 aliphatic carbocycles. The molecule has 1 heterocycles. The summed E-state index contributed by atoms with van der Waals surface area (Å²) < 4.78 is 13.2. The first-order valence-corrected chi connectivity index (χ1v) is 11.9. The summed E-state index contributed by atoms with van der Waals surface area (Å²) >= 11 is 0. The van der Waals surface area contributed by atoms with Crippen LogP contribution in [0.5, 0.6) is 0 Å². The van der Waals surface area contributed by atoms with Gasteiger partial charge in [-0.2, -0.15) is 0 Å². The first-order valence-electron chi connectivity index (χ1n) is 11.9. The second-order valence-electron chi connectivity index (χ2n) is 9.29. The fourth-order valence-electron chi connectivity index (χ4n) is 5.07. The maximum absolute atomic E-state index is 13.2. The molecule has 3 aromatic rings. The Hall–Kier alpha value is -3.28. The van der Waals surface area contributed by atoms with E-state index < -0.39 is 0 Å². The summed E-state index contributed by atoms with van der Waals surface area (Å²) in [6, 6.07) is 12.0. The van der Waals surface area contributed by atoms with Gasteiger partial charge in [0.1, 0.15) is 5.82 Å². The molecular formula is C27H29FN4O. The fourth-order valence-corrected chi connectivity index (χ4v) is 5.07. The quantitative estimate of drug-likeness (QED) is 0.526. The second kappa shape index (κ2) is 9.30. The highest BCUT2D eigenvalue weighted by Gasteiger charge is 2.24. The molecule has 170 valence electrons. The number of benzene rings is 2. The fraction of sp³-hybridized carbons (Fsp3) is 0.370. The third-order valence-corrected chi connectivity index (χ3v) is 6.80. The van der Waals surface area contributed by atoms with E-state index >= 15 is 0 Å². The van der Waals surface area contributed by atoms with Gasteiger partial charge in [0.15, 0.2) is 5.82 Å². The molecule has 0 bridgehead atoms. The Morgan fingerprint density at radius 1 is 1.03 bits per heavy atom. The van der Waals surface area contributed by atoms with E-state index in [1.807, 2.05) is 18.2 Å². The lowest BCUT2D eigenvalue weighted by Crippen LogP contribution is -2.21. The van der Waals surface area contributed by atoms with E-state index in [-0.39, 0.29) is 18.1 Å². The maximum Gasteiger partial charge on any atom is 0.229 e. The van der Waals surface area contributed by atoms with Gasteiger partial charge in [0.05, 0.1) is 23.5 Å². The van der Waals surface area contributed by atoms with Crippen LogP contribution in [0.25, 0.3) is 11.3 Å². The van der Waals surface area contributed by atoms with E-state index in [2.05, 4.69) is 5.32 Å². The van der Waals surface area contributed by atoms with Crippen molar-refractivity contribution in [2.45, 2.75) is 57.8 Å². The lowest BCUT2D eigenvalue weighted by molar-refractivity contribution is -0.115. The van der Waals surface area contributed by atoms with Crippen molar-refractivity contribution in [3.05, 3.63) is 70.8 Å². The Bertz CT molecular complexity index is 1170. The first kappa shape index (κ1) is 21.6. The predicted octanol–water partition coefficient (Wildman–Crippen LogP) is 5.27. The summed E-state index contributed by atoms with van der Waals surface area (Å²) in [7, 11) is 0. The topological polar surface area (TPSA) is 80.9 Å². The molecule has 3 N–H and O–H groups in total. The number of rotatable bonds is 5. The van der Waals surface area contributed by atoms with Gasteiger partial charge in [0.2, 0.25) is 5.91 Å². The lowest BCUT2D eigenvalue weighted by atomic mass is 9.85. The summed E-state index contributed by atoms with van der Waals surface area (Å²) in [5.74, 6) is 0.667. The molecule has 0 aliphatic heterocycles. The molecule has 0 radical (unpaired) electrons. The van der Waals surface area contributed by atoms with Crippen LogP contribution in [0, 0.1) is 11.7 Å². The van der Waals surface area contributed by atoms with Crippen molar-refractivity contribution < 1.29 is 9.18 Å². The zero-order chi connectivity index (χ0) is 22.8.